The van der Waals surface area contributed by atoms with Gasteiger partial charge in [0.15, 0.2) is 0 Å². The summed E-state index contributed by atoms with van der Waals surface area (Å²) in [4.78, 5) is 0. The van der Waals surface area contributed by atoms with Crippen molar-refractivity contribution in [1.82, 2.24) is 10.2 Å². The molecule has 0 unspecified atom stereocenters. The number of nitrogens with zero attached hydrogens (tertiary/aromatic N) is 2. The van der Waals surface area contributed by atoms with Crippen molar-refractivity contribution in [3.63, 3.8) is 0 Å². The van der Waals surface area contributed by atoms with Crippen LogP contribution in [0.4, 0.5) is 0 Å². The van der Waals surface area contributed by atoms with Crippen molar-refractivity contribution in [3.05, 3.63) is 101 Å². The van der Waals surface area contributed by atoms with Crippen LogP contribution in [-0.2, 0) is 13.0 Å². The van der Waals surface area contributed by atoms with E-state index in [1.165, 1.54) is 0 Å². The van der Waals surface area contributed by atoms with E-state index in [0.29, 0.717) is 24.8 Å². The van der Waals surface area contributed by atoms with Crippen LogP contribution in [0.2, 0.25) is 0 Å². The topological polar surface area (TPSA) is 66.6 Å². The third-order valence-corrected chi connectivity index (χ3v) is 4.86. The minimum absolute atomic E-state index is 0.404. The lowest BCUT2D eigenvalue weighted by Crippen LogP contribution is -1.99. The van der Waals surface area contributed by atoms with Crippen LogP contribution in [0.3, 0.4) is 0 Å². The Morgan fingerprint density at radius 3 is 2.38 bits per heavy atom. The highest BCUT2D eigenvalue weighted by Gasteiger charge is 2.07. The average Bonchev–Trinajstić information content (AvgIpc) is 3.30. The summed E-state index contributed by atoms with van der Waals surface area (Å²) in [5.74, 6) is 3.41. The van der Waals surface area contributed by atoms with Gasteiger partial charge in [0.2, 0.25) is 11.8 Å². The number of hydrogen-bond donors (Lipinski definition) is 0. The van der Waals surface area contributed by atoms with Crippen molar-refractivity contribution in [1.29, 1.82) is 0 Å². The maximum Gasteiger partial charge on any atom is 0.240 e. The lowest BCUT2D eigenvalue weighted by atomic mass is 10.1. The first-order valence-electron chi connectivity index (χ1n) is 10.2. The Hall–Kier alpha value is -4.06. The van der Waals surface area contributed by atoms with Crippen LogP contribution in [-0.4, -0.2) is 24.4 Å². The molecule has 32 heavy (non-hydrogen) atoms. The second-order valence-corrected chi connectivity index (χ2v) is 7.07. The molecule has 1 heterocycles. The van der Waals surface area contributed by atoms with Gasteiger partial charge in [-0.3, -0.25) is 0 Å². The highest BCUT2D eigenvalue weighted by molar-refractivity contribution is 5.67. The van der Waals surface area contributed by atoms with E-state index >= 15 is 0 Å². The molecule has 0 saturated heterocycles. The molecule has 0 N–H and O–H groups in total. The highest BCUT2D eigenvalue weighted by Crippen LogP contribution is 2.23. The molecule has 0 bridgehead atoms. The number of benzene rings is 3. The lowest BCUT2D eigenvalue weighted by Gasteiger charge is -2.11. The fourth-order valence-electron chi connectivity index (χ4n) is 3.18. The highest BCUT2D eigenvalue weighted by atomic mass is 16.5. The normalized spacial score (nSPS) is 10.9. The van der Waals surface area contributed by atoms with Crippen LogP contribution in [0.5, 0.6) is 17.2 Å². The largest absolute Gasteiger partial charge is 0.497 e. The zero-order valence-electron chi connectivity index (χ0n) is 18.0. The van der Waals surface area contributed by atoms with Gasteiger partial charge in [0.1, 0.15) is 23.9 Å². The Bertz CT molecular complexity index is 1170. The van der Waals surface area contributed by atoms with Gasteiger partial charge < -0.3 is 18.6 Å². The monoisotopic (exact) mass is 428 g/mol. The third-order valence-electron chi connectivity index (χ3n) is 4.86. The van der Waals surface area contributed by atoms with Crippen LogP contribution < -0.4 is 14.2 Å². The first kappa shape index (κ1) is 21.2. The summed E-state index contributed by atoms with van der Waals surface area (Å²) in [6.07, 6.45) is 4.29. The Kier molecular flexibility index (Phi) is 6.82. The first-order valence-corrected chi connectivity index (χ1v) is 10.2. The molecule has 6 heteroatoms. The summed E-state index contributed by atoms with van der Waals surface area (Å²) in [7, 11) is 3.30. The zero-order valence-corrected chi connectivity index (χ0v) is 18.0. The number of hydrogen-bond acceptors (Lipinski definition) is 6. The molecule has 3 aromatic carbocycles. The smallest absolute Gasteiger partial charge is 0.240 e. The average molecular weight is 428 g/mol. The molecule has 0 radical (unpaired) electrons. The van der Waals surface area contributed by atoms with E-state index in [0.717, 1.165) is 33.9 Å². The summed E-state index contributed by atoms with van der Waals surface area (Å²) in [6, 6.07) is 23.4. The molecule has 0 fully saturated rings. The molecule has 0 atom stereocenters. The van der Waals surface area contributed by atoms with Gasteiger partial charge >= 0.3 is 0 Å². The maximum absolute atomic E-state index is 5.87. The molecule has 0 spiro atoms. The first-order chi connectivity index (χ1) is 15.7. The predicted molar refractivity (Wildman–Crippen MR) is 123 cm³/mol. The van der Waals surface area contributed by atoms with Crippen LogP contribution in [0.15, 0.2) is 77.2 Å². The number of ether oxygens (including phenoxy) is 3. The quantitative estimate of drug-likeness (QED) is 0.354. The fraction of sp³-hybridized carbons (Fsp3) is 0.154. The number of methoxy groups -OCH3 is 2. The van der Waals surface area contributed by atoms with Gasteiger partial charge in [-0.15, -0.1) is 10.2 Å². The Morgan fingerprint density at radius 1 is 0.812 bits per heavy atom. The van der Waals surface area contributed by atoms with Crippen LogP contribution >= 0.6 is 0 Å². The summed E-state index contributed by atoms with van der Waals surface area (Å²) < 4.78 is 22.3. The fourth-order valence-corrected chi connectivity index (χ4v) is 3.18. The maximum atomic E-state index is 5.87. The van der Waals surface area contributed by atoms with E-state index in [-0.39, 0.29) is 0 Å². The van der Waals surface area contributed by atoms with Crippen molar-refractivity contribution < 1.29 is 18.6 Å². The second-order valence-electron chi connectivity index (χ2n) is 7.07. The molecule has 6 nitrogen and oxygen atoms in total. The standard InChI is InChI=1S/C26H24N2O4/c1-29-22-12-8-20(9-13-22)17-26-28-27-25(32-26)15-11-19-10-14-24(30-2)21(16-19)18-31-23-6-4-3-5-7-23/h3-16H,17-18H2,1-2H3/b15-11-. The molecular formula is C26H24N2O4. The van der Waals surface area contributed by atoms with Gasteiger partial charge in [-0.1, -0.05) is 36.4 Å². The molecule has 0 aliphatic rings. The number of para-hydroxylation sites is 1. The van der Waals surface area contributed by atoms with E-state index in [9.17, 15) is 0 Å². The SMILES string of the molecule is COc1ccc(Cc2nnc(/C=C\c3ccc(OC)c(COc4ccccc4)c3)o2)cc1. The van der Waals surface area contributed by atoms with Crippen LogP contribution in [0.1, 0.15) is 28.5 Å². The second kappa shape index (κ2) is 10.3. The molecule has 0 saturated carbocycles. The Morgan fingerprint density at radius 2 is 1.62 bits per heavy atom. The molecule has 4 rings (SSSR count). The molecule has 0 amide bonds. The van der Waals surface area contributed by atoms with E-state index in [1.54, 1.807) is 20.3 Å². The van der Waals surface area contributed by atoms with Crippen molar-refractivity contribution >= 4 is 12.2 Å². The summed E-state index contributed by atoms with van der Waals surface area (Å²) in [5, 5.41) is 8.25. The third kappa shape index (κ3) is 5.55. The number of aromatic nitrogens is 2. The molecular weight excluding hydrogens is 404 g/mol. The summed E-state index contributed by atoms with van der Waals surface area (Å²) >= 11 is 0. The van der Waals surface area contributed by atoms with Crippen molar-refractivity contribution in [2.24, 2.45) is 0 Å². The molecule has 1 aromatic heterocycles. The van der Waals surface area contributed by atoms with Crippen molar-refractivity contribution in [2.45, 2.75) is 13.0 Å². The van der Waals surface area contributed by atoms with Gasteiger partial charge in [-0.05, 0) is 53.6 Å². The van der Waals surface area contributed by atoms with E-state index < -0.39 is 0 Å². The van der Waals surface area contributed by atoms with E-state index in [4.69, 9.17) is 18.6 Å². The molecule has 0 aliphatic carbocycles. The minimum Gasteiger partial charge on any atom is -0.497 e. The minimum atomic E-state index is 0.404. The zero-order chi connectivity index (χ0) is 22.2. The van der Waals surface area contributed by atoms with Gasteiger partial charge in [0.25, 0.3) is 0 Å². The summed E-state index contributed by atoms with van der Waals surface area (Å²) in [5.41, 5.74) is 3.00. The molecule has 4 aromatic rings. The van der Waals surface area contributed by atoms with Gasteiger partial charge in [0.05, 0.1) is 20.6 Å². The van der Waals surface area contributed by atoms with Crippen molar-refractivity contribution in [2.75, 3.05) is 14.2 Å². The molecule has 162 valence electrons. The van der Waals surface area contributed by atoms with Gasteiger partial charge in [-0.25, -0.2) is 0 Å². The van der Waals surface area contributed by atoms with Crippen LogP contribution in [0.25, 0.3) is 12.2 Å². The predicted octanol–water partition coefficient (Wildman–Crippen LogP) is 5.43. The van der Waals surface area contributed by atoms with E-state index in [2.05, 4.69) is 10.2 Å². The summed E-state index contributed by atoms with van der Waals surface area (Å²) in [6.45, 7) is 0.404. The van der Waals surface area contributed by atoms with Crippen LogP contribution in [0, 0.1) is 0 Å². The lowest BCUT2D eigenvalue weighted by molar-refractivity contribution is 0.296. The Balaban J connectivity index is 1.42. The number of rotatable bonds is 9. The van der Waals surface area contributed by atoms with Gasteiger partial charge in [-0.2, -0.15) is 0 Å². The molecule has 0 aliphatic heterocycles. The van der Waals surface area contributed by atoms with Crippen molar-refractivity contribution in [3.8, 4) is 17.2 Å². The van der Waals surface area contributed by atoms with Gasteiger partial charge in [0, 0.05) is 11.6 Å². The van der Waals surface area contributed by atoms with E-state index in [1.807, 2.05) is 78.9 Å². The Labute approximate surface area is 187 Å².